The predicted molar refractivity (Wildman–Crippen MR) is 69.3 cm³/mol. The van der Waals surface area contributed by atoms with Crippen LogP contribution in [0, 0.1) is 0 Å². The van der Waals surface area contributed by atoms with Crippen LogP contribution in [0.15, 0.2) is 48.7 Å². The largest absolute Gasteiger partial charge is 0.506 e. The highest BCUT2D eigenvalue weighted by Gasteiger charge is 2.06. The van der Waals surface area contributed by atoms with Crippen LogP contribution >= 0.6 is 0 Å². The van der Waals surface area contributed by atoms with Crippen molar-refractivity contribution in [3.63, 3.8) is 0 Å². The average molecular weight is 242 g/mol. The van der Waals surface area contributed by atoms with Gasteiger partial charge in [-0.1, -0.05) is 18.2 Å². The van der Waals surface area contributed by atoms with E-state index in [4.69, 9.17) is 0 Å². The summed E-state index contributed by atoms with van der Waals surface area (Å²) in [4.78, 5) is 15.8. The number of hydrogen-bond donors (Lipinski definition) is 2. The second kappa shape index (κ2) is 5.82. The molecule has 0 bridgehead atoms. The number of nitrogens with zero attached hydrogens (tertiary/aromatic N) is 1. The summed E-state index contributed by atoms with van der Waals surface area (Å²) >= 11 is 0. The van der Waals surface area contributed by atoms with Gasteiger partial charge in [0.1, 0.15) is 5.75 Å². The first-order valence-electron chi connectivity index (χ1n) is 5.73. The summed E-state index contributed by atoms with van der Waals surface area (Å²) in [7, 11) is 0. The van der Waals surface area contributed by atoms with Gasteiger partial charge in [0.25, 0.3) is 0 Å². The van der Waals surface area contributed by atoms with Gasteiger partial charge < -0.3 is 10.4 Å². The number of aryl methyl sites for hydroxylation is 1. The van der Waals surface area contributed by atoms with Crippen molar-refractivity contribution in [3.8, 4) is 5.75 Å². The summed E-state index contributed by atoms with van der Waals surface area (Å²) < 4.78 is 0. The van der Waals surface area contributed by atoms with Gasteiger partial charge in [-0.2, -0.15) is 0 Å². The second-order valence-corrected chi connectivity index (χ2v) is 3.89. The molecule has 1 heterocycles. The van der Waals surface area contributed by atoms with Crippen molar-refractivity contribution in [2.75, 3.05) is 5.32 Å². The van der Waals surface area contributed by atoms with Gasteiger partial charge in [-0.05, 0) is 30.7 Å². The molecule has 0 aliphatic heterocycles. The third kappa shape index (κ3) is 3.31. The zero-order chi connectivity index (χ0) is 12.8. The van der Waals surface area contributed by atoms with Crippen LogP contribution in [0.1, 0.15) is 12.1 Å². The quantitative estimate of drug-likeness (QED) is 0.809. The third-order valence-corrected chi connectivity index (χ3v) is 2.51. The lowest BCUT2D eigenvalue weighted by atomic mass is 10.2. The molecule has 1 aromatic heterocycles. The summed E-state index contributed by atoms with van der Waals surface area (Å²) in [6, 6.07) is 12.3. The molecule has 0 unspecified atom stereocenters. The van der Waals surface area contributed by atoms with E-state index in [1.807, 2.05) is 18.2 Å². The Morgan fingerprint density at radius 3 is 2.67 bits per heavy atom. The molecule has 0 atom stereocenters. The van der Waals surface area contributed by atoms with Gasteiger partial charge in [0, 0.05) is 18.3 Å². The number of pyridine rings is 1. The Hall–Kier alpha value is -2.36. The Morgan fingerprint density at radius 2 is 1.94 bits per heavy atom. The number of carbonyl (C=O) groups is 1. The molecule has 0 aliphatic carbocycles. The van der Waals surface area contributed by atoms with Crippen molar-refractivity contribution in [3.05, 3.63) is 54.4 Å². The lowest BCUT2D eigenvalue weighted by Gasteiger charge is -2.06. The van der Waals surface area contributed by atoms with Gasteiger partial charge in [-0.3, -0.25) is 9.78 Å². The zero-order valence-corrected chi connectivity index (χ0v) is 9.84. The first-order chi connectivity index (χ1) is 8.75. The van der Waals surface area contributed by atoms with Crippen LogP contribution in [0.25, 0.3) is 0 Å². The fourth-order valence-corrected chi connectivity index (χ4v) is 1.58. The van der Waals surface area contributed by atoms with Gasteiger partial charge in [0.05, 0.1) is 5.69 Å². The van der Waals surface area contributed by atoms with Crippen LogP contribution in [0.5, 0.6) is 5.75 Å². The van der Waals surface area contributed by atoms with Crippen molar-refractivity contribution in [2.45, 2.75) is 12.8 Å². The average Bonchev–Trinajstić information content (AvgIpc) is 2.40. The number of phenols is 1. The Morgan fingerprint density at radius 1 is 1.17 bits per heavy atom. The highest BCUT2D eigenvalue weighted by molar-refractivity contribution is 5.92. The van der Waals surface area contributed by atoms with E-state index in [2.05, 4.69) is 10.3 Å². The Kier molecular flexibility index (Phi) is 3.91. The minimum atomic E-state index is -0.137. The highest BCUT2D eigenvalue weighted by atomic mass is 16.3. The van der Waals surface area contributed by atoms with Gasteiger partial charge in [-0.15, -0.1) is 0 Å². The molecule has 0 saturated carbocycles. The number of para-hydroxylation sites is 2. The van der Waals surface area contributed by atoms with E-state index in [1.54, 1.807) is 24.4 Å². The Bertz CT molecular complexity index is 526. The van der Waals surface area contributed by atoms with Crippen molar-refractivity contribution < 1.29 is 9.90 Å². The van der Waals surface area contributed by atoms with Crippen molar-refractivity contribution in [1.29, 1.82) is 0 Å². The lowest BCUT2D eigenvalue weighted by molar-refractivity contribution is -0.116. The van der Waals surface area contributed by atoms with E-state index < -0.39 is 0 Å². The SMILES string of the molecule is O=C(CCc1ccccn1)Nc1ccccc1O. The van der Waals surface area contributed by atoms with Crippen LogP contribution in [0.2, 0.25) is 0 Å². The molecule has 1 amide bonds. The third-order valence-electron chi connectivity index (χ3n) is 2.51. The molecule has 0 radical (unpaired) electrons. The summed E-state index contributed by atoms with van der Waals surface area (Å²) in [5.41, 5.74) is 1.31. The van der Waals surface area contributed by atoms with Crippen LogP contribution in [0.4, 0.5) is 5.69 Å². The molecule has 1 aromatic carbocycles. The Labute approximate surface area is 105 Å². The topological polar surface area (TPSA) is 62.2 Å². The van der Waals surface area contributed by atoms with Crippen LogP contribution in [0.3, 0.4) is 0 Å². The van der Waals surface area contributed by atoms with Gasteiger partial charge in [0.2, 0.25) is 5.91 Å². The summed E-state index contributed by atoms with van der Waals surface area (Å²) in [5.74, 6) is -0.0640. The van der Waals surface area contributed by atoms with E-state index in [0.717, 1.165) is 5.69 Å². The number of carbonyl (C=O) groups excluding carboxylic acids is 1. The summed E-state index contributed by atoms with van der Waals surface area (Å²) in [6.45, 7) is 0. The molecule has 18 heavy (non-hydrogen) atoms. The molecule has 92 valence electrons. The first-order valence-corrected chi connectivity index (χ1v) is 5.73. The fraction of sp³-hybridized carbons (Fsp3) is 0.143. The maximum absolute atomic E-state index is 11.7. The number of nitrogens with one attached hydrogen (secondary N) is 1. The second-order valence-electron chi connectivity index (χ2n) is 3.89. The molecular formula is C14H14N2O2. The van der Waals surface area contributed by atoms with E-state index in [-0.39, 0.29) is 11.7 Å². The Balaban J connectivity index is 1.88. The first kappa shape index (κ1) is 12.1. The number of phenolic OH excluding ortho intramolecular Hbond substituents is 1. The maximum atomic E-state index is 11.7. The number of benzene rings is 1. The normalized spacial score (nSPS) is 10.0. The van der Waals surface area contributed by atoms with Gasteiger partial charge in [0.15, 0.2) is 0 Å². The number of anilines is 1. The van der Waals surface area contributed by atoms with Gasteiger partial charge in [-0.25, -0.2) is 0 Å². The zero-order valence-electron chi connectivity index (χ0n) is 9.84. The van der Waals surface area contributed by atoms with Crippen molar-refractivity contribution >= 4 is 11.6 Å². The molecule has 4 heteroatoms. The van der Waals surface area contributed by atoms with Gasteiger partial charge >= 0.3 is 0 Å². The van der Waals surface area contributed by atoms with E-state index >= 15 is 0 Å². The molecule has 2 rings (SSSR count). The molecular weight excluding hydrogens is 228 g/mol. The monoisotopic (exact) mass is 242 g/mol. The minimum absolute atomic E-state index is 0.0729. The molecule has 0 fully saturated rings. The highest BCUT2D eigenvalue weighted by Crippen LogP contribution is 2.21. The predicted octanol–water partition coefficient (Wildman–Crippen LogP) is 2.36. The molecule has 0 aliphatic rings. The summed E-state index contributed by atoms with van der Waals surface area (Å²) in [6.07, 6.45) is 2.63. The smallest absolute Gasteiger partial charge is 0.224 e. The van der Waals surface area contributed by atoms with E-state index in [1.165, 1.54) is 6.07 Å². The fourth-order valence-electron chi connectivity index (χ4n) is 1.58. The number of hydrogen-bond acceptors (Lipinski definition) is 3. The van der Waals surface area contributed by atoms with Crippen LogP contribution in [-0.2, 0) is 11.2 Å². The molecule has 0 spiro atoms. The summed E-state index contributed by atoms with van der Waals surface area (Å²) in [5, 5.41) is 12.2. The van der Waals surface area contributed by atoms with E-state index in [9.17, 15) is 9.90 Å². The van der Waals surface area contributed by atoms with Crippen LogP contribution in [-0.4, -0.2) is 16.0 Å². The molecule has 0 saturated heterocycles. The van der Waals surface area contributed by atoms with E-state index in [0.29, 0.717) is 18.5 Å². The van der Waals surface area contributed by atoms with Crippen molar-refractivity contribution in [1.82, 2.24) is 4.98 Å². The standard InChI is InChI=1S/C14H14N2O2/c17-13-7-2-1-6-12(13)16-14(18)9-8-11-5-3-4-10-15-11/h1-7,10,17H,8-9H2,(H,16,18). The lowest BCUT2D eigenvalue weighted by Crippen LogP contribution is -2.12. The maximum Gasteiger partial charge on any atom is 0.224 e. The number of rotatable bonds is 4. The van der Waals surface area contributed by atoms with Crippen molar-refractivity contribution in [2.24, 2.45) is 0 Å². The molecule has 4 nitrogen and oxygen atoms in total. The minimum Gasteiger partial charge on any atom is -0.506 e. The number of aromatic nitrogens is 1. The molecule has 2 N–H and O–H groups in total. The number of aromatic hydroxyl groups is 1. The van der Waals surface area contributed by atoms with Crippen LogP contribution < -0.4 is 5.32 Å². The molecule has 2 aromatic rings. The number of amides is 1.